The first-order valence-electron chi connectivity index (χ1n) is 6.09. The van der Waals surface area contributed by atoms with E-state index in [0.717, 1.165) is 13.0 Å². The third-order valence-electron chi connectivity index (χ3n) is 2.73. The average molecular weight is 220 g/mol. The van der Waals surface area contributed by atoms with Gasteiger partial charge in [0.2, 0.25) is 0 Å². The van der Waals surface area contributed by atoms with Crippen LogP contribution in [0.1, 0.15) is 31.9 Å². The van der Waals surface area contributed by atoms with Gasteiger partial charge in [-0.25, -0.2) is 0 Å². The second-order valence-corrected chi connectivity index (χ2v) is 4.70. The summed E-state index contributed by atoms with van der Waals surface area (Å²) in [5.41, 5.74) is 1.38. The topological polar surface area (TPSA) is 15.3 Å². The summed E-state index contributed by atoms with van der Waals surface area (Å²) in [6.45, 7) is 5.54. The van der Waals surface area contributed by atoms with Crippen LogP contribution in [0.25, 0.3) is 0 Å². The van der Waals surface area contributed by atoms with Gasteiger partial charge in [-0.2, -0.15) is 0 Å². The first-order chi connectivity index (χ1) is 7.63. The van der Waals surface area contributed by atoms with Crippen molar-refractivity contribution in [2.24, 2.45) is 0 Å². The molecule has 0 fully saturated rings. The van der Waals surface area contributed by atoms with E-state index in [9.17, 15) is 0 Å². The summed E-state index contributed by atoms with van der Waals surface area (Å²) in [7, 11) is 4.23. The SMILES string of the molecule is CCC(NC(C)CN(C)C)c1ccccc1. The van der Waals surface area contributed by atoms with Crippen molar-refractivity contribution in [3.63, 3.8) is 0 Å². The highest BCUT2D eigenvalue weighted by Crippen LogP contribution is 2.16. The van der Waals surface area contributed by atoms with Crippen molar-refractivity contribution >= 4 is 0 Å². The van der Waals surface area contributed by atoms with Gasteiger partial charge < -0.3 is 10.2 Å². The molecular weight excluding hydrogens is 196 g/mol. The van der Waals surface area contributed by atoms with Crippen molar-refractivity contribution in [3.8, 4) is 0 Å². The number of nitrogens with zero attached hydrogens (tertiary/aromatic N) is 1. The third kappa shape index (κ3) is 4.33. The molecule has 2 unspecified atom stereocenters. The maximum Gasteiger partial charge on any atom is 0.0320 e. The van der Waals surface area contributed by atoms with Crippen LogP contribution < -0.4 is 5.32 Å². The van der Waals surface area contributed by atoms with E-state index < -0.39 is 0 Å². The Hall–Kier alpha value is -0.860. The summed E-state index contributed by atoms with van der Waals surface area (Å²) in [5.74, 6) is 0. The summed E-state index contributed by atoms with van der Waals surface area (Å²) < 4.78 is 0. The Morgan fingerprint density at radius 2 is 1.81 bits per heavy atom. The Balaban J connectivity index is 2.56. The van der Waals surface area contributed by atoms with E-state index in [1.165, 1.54) is 5.56 Å². The molecule has 2 heteroatoms. The van der Waals surface area contributed by atoms with Gasteiger partial charge in [-0.05, 0) is 33.0 Å². The normalized spacial score (nSPS) is 15.1. The van der Waals surface area contributed by atoms with Crippen LogP contribution in [0, 0.1) is 0 Å². The standard InChI is InChI=1S/C14H24N2/c1-5-14(13-9-7-6-8-10-13)15-12(2)11-16(3)4/h6-10,12,14-15H,5,11H2,1-4H3. The van der Waals surface area contributed by atoms with E-state index >= 15 is 0 Å². The molecule has 16 heavy (non-hydrogen) atoms. The van der Waals surface area contributed by atoms with Gasteiger partial charge in [0.25, 0.3) is 0 Å². The predicted octanol–water partition coefficient (Wildman–Crippen LogP) is 2.68. The number of rotatable bonds is 6. The van der Waals surface area contributed by atoms with Gasteiger partial charge in [-0.15, -0.1) is 0 Å². The molecule has 0 heterocycles. The van der Waals surface area contributed by atoms with Gasteiger partial charge in [0.15, 0.2) is 0 Å². The Kier molecular flexibility index (Phi) is 5.50. The largest absolute Gasteiger partial charge is 0.308 e. The van der Waals surface area contributed by atoms with Crippen LogP contribution in [0.4, 0.5) is 0 Å². The predicted molar refractivity (Wildman–Crippen MR) is 70.6 cm³/mol. The molecule has 2 atom stereocenters. The number of benzene rings is 1. The fourth-order valence-electron chi connectivity index (χ4n) is 2.08. The monoisotopic (exact) mass is 220 g/mol. The molecule has 0 aliphatic rings. The molecule has 1 aromatic carbocycles. The summed E-state index contributed by atoms with van der Waals surface area (Å²) in [6, 6.07) is 11.7. The molecule has 0 radical (unpaired) electrons. The average Bonchev–Trinajstić information content (AvgIpc) is 2.26. The fraction of sp³-hybridized carbons (Fsp3) is 0.571. The fourth-order valence-corrected chi connectivity index (χ4v) is 2.08. The van der Waals surface area contributed by atoms with Crippen molar-refractivity contribution in [1.82, 2.24) is 10.2 Å². The first kappa shape index (κ1) is 13.2. The Morgan fingerprint density at radius 1 is 1.19 bits per heavy atom. The maximum absolute atomic E-state index is 3.67. The Bertz CT molecular complexity index is 282. The molecule has 1 N–H and O–H groups in total. The second kappa shape index (κ2) is 6.66. The Labute approximate surface area is 99.7 Å². The summed E-state index contributed by atoms with van der Waals surface area (Å²) in [4.78, 5) is 2.22. The van der Waals surface area contributed by atoms with Gasteiger partial charge in [-0.3, -0.25) is 0 Å². The molecule has 0 aliphatic heterocycles. The van der Waals surface area contributed by atoms with E-state index in [0.29, 0.717) is 12.1 Å². The molecule has 90 valence electrons. The number of nitrogens with one attached hydrogen (secondary N) is 1. The molecule has 1 rings (SSSR count). The molecule has 0 saturated carbocycles. The second-order valence-electron chi connectivity index (χ2n) is 4.70. The first-order valence-corrected chi connectivity index (χ1v) is 6.09. The van der Waals surface area contributed by atoms with Gasteiger partial charge >= 0.3 is 0 Å². The number of hydrogen-bond donors (Lipinski definition) is 1. The minimum Gasteiger partial charge on any atom is -0.308 e. The van der Waals surface area contributed by atoms with Crippen LogP contribution >= 0.6 is 0 Å². The molecule has 0 saturated heterocycles. The highest BCUT2D eigenvalue weighted by atomic mass is 15.1. The van der Waals surface area contributed by atoms with E-state index in [-0.39, 0.29) is 0 Å². The highest BCUT2D eigenvalue weighted by Gasteiger charge is 2.12. The summed E-state index contributed by atoms with van der Waals surface area (Å²) in [5, 5.41) is 3.67. The summed E-state index contributed by atoms with van der Waals surface area (Å²) in [6.07, 6.45) is 1.13. The Morgan fingerprint density at radius 3 is 2.31 bits per heavy atom. The minimum absolute atomic E-state index is 0.469. The molecule has 0 bridgehead atoms. The lowest BCUT2D eigenvalue weighted by molar-refractivity contribution is 0.326. The van der Waals surface area contributed by atoms with E-state index in [1.54, 1.807) is 0 Å². The van der Waals surface area contributed by atoms with Crippen molar-refractivity contribution in [2.75, 3.05) is 20.6 Å². The molecule has 0 aliphatic carbocycles. The quantitative estimate of drug-likeness (QED) is 0.793. The van der Waals surface area contributed by atoms with Crippen LogP contribution in [-0.2, 0) is 0 Å². The van der Waals surface area contributed by atoms with Crippen LogP contribution in [-0.4, -0.2) is 31.6 Å². The number of likely N-dealkylation sites (N-methyl/N-ethyl adjacent to an activating group) is 1. The lowest BCUT2D eigenvalue weighted by atomic mass is 10.0. The van der Waals surface area contributed by atoms with Crippen molar-refractivity contribution in [2.45, 2.75) is 32.4 Å². The molecular formula is C14H24N2. The van der Waals surface area contributed by atoms with Crippen LogP contribution in [0.5, 0.6) is 0 Å². The minimum atomic E-state index is 0.469. The van der Waals surface area contributed by atoms with Crippen molar-refractivity contribution < 1.29 is 0 Å². The van der Waals surface area contributed by atoms with Gasteiger partial charge in [0.05, 0.1) is 0 Å². The molecule has 1 aromatic rings. The number of hydrogen-bond acceptors (Lipinski definition) is 2. The van der Waals surface area contributed by atoms with Gasteiger partial charge in [0.1, 0.15) is 0 Å². The van der Waals surface area contributed by atoms with Gasteiger partial charge in [0, 0.05) is 18.6 Å². The molecule has 0 amide bonds. The molecule has 0 aromatic heterocycles. The molecule has 2 nitrogen and oxygen atoms in total. The van der Waals surface area contributed by atoms with Crippen molar-refractivity contribution in [1.29, 1.82) is 0 Å². The van der Waals surface area contributed by atoms with Crippen LogP contribution in [0.3, 0.4) is 0 Å². The molecule has 0 spiro atoms. The van der Waals surface area contributed by atoms with Gasteiger partial charge in [-0.1, -0.05) is 37.3 Å². The van der Waals surface area contributed by atoms with E-state index in [1.807, 2.05) is 0 Å². The maximum atomic E-state index is 3.67. The third-order valence-corrected chi connectivity index (χ3v) is 2.73. The van der Waals surface area contributed by atoms with Crippen molar-refractivity contribution in [3.05, 3.63) is 35.9 Å². The lowest BCUT2D eigenvalue weighted by Gasteiger charge is -2.25. The smallest absolute Gasteiger partial charge is 0.0320 e. The van der Waals surface area contributed by atoms with Crippen LogP contribution in [0.15, 0.2) is 30.3 Å². The summed E-state index contributed by atoms with van der Waals surface area (Å²) >= 11 is 0. The highest BCUT2D eigenvalue weighted by molar-refractivity contribution is 5.18. The van der Waals surface area contributed by atoms with Crippen LogP contribution in [0.2, 0.25) is 0 Å². The van der Waals surface area contributed by atoms with E-state index in [4.69, 9.17) is 0 Å². The zero-order valence-electron chi connectivity index (χ0n) is 10.9. The lowest BCUT2D eigenvalue weighted by Crippen LogP contribution is -2.37. The van der Waals surface area contributed by atoms with E-state index in [2.05, 4.69) is 68.5 Å². The zero-order valence-corrected chi connectivity index (χ0v) is 10.9. The zero-order chi connectivity index (χ0) is 12.0.